The number of rotatable bonds is 4. The molecule has 0 N–H and O–H groups in total. The Hall–Kier alpha value is -2.19. The van der Waals surface area contributed by atoms with Crippen molar-refractivity contribution in [1.82, 2.24) is 4.90 Å². The van der Waals surface area contributed by atoms with Gasteiger partial charge in [0.1, 0.15) is 0 Å². The molecule has 1 fully saturated rings. The van der Waals surface area contributed by atoms with Crippen LogP contribution in [-0.4, -0.2) is 60.6 Å². The maximum atomic E-state index is 13.6. The maximum Gasteiger partial charge on any atom is 0.208 e. The molecular weight excluding hydrogens is 372 g/mol. The van der Waals surface area contributed by atoms with Crippen molar-refractivity contribution in [2.24, 2.45) is 0 Å². The lowest BCUT2D eigenvalue weighted by molar-refractivity contribution is 0.313. The molecule has 27 heavy (non-hydrogen) atoms. The first kappa shape index (κ1) is 19.6. The molecule has 1 aliphatic heterocycles. The summed E-state index contributed by atoms with van der Waals surface area (Å²) >= 11 is 0. The number of nitrogens with zero attached hydrogens (tertiary/aromatic N) is 3. The smallest absolute Gasteiger partial charge is 0.208 e. The van der Waals surface area contributed by atoms with E-state index in [4.69, 9.17) is 0 Å². The van der Waals surface area contributed by atoms with Crippen molar-refractivity contribution in [3.05, 3.63) is 48.0 Å². The summed E-state index contributed by atoms with van der Waals surface area (Å²) in [6.07, 6.45) is 0. The fourth-order valence-electron chi connectivity index (χ4n) is 3.11. The van der Waals surface area contributed by atoms with Crippen molar-refractivity contribution >= 4 is 21.2 Å². The van der Waals surface area contributed by atoms with E-state index in [1.165, 1.54) is 0 Å². The molecular formula is C19H23F2N3O2S. The molecule has 0 saturated carbocycles. The molecule has 0 spiro atoms. The van der Waals surface area contributed by atoms with E-state index in [1.54, 1.807) is 31.1 Å². The quantitative estimate of drug-likeness (QED) is 0.745. The van der Waals surface area contributed by atoms with Gasteiger partial charge in [-0.15, -0.1) is 0 Å². The van der Waals surface area contributed by atoms with Crippen molar-refractivity contribution in [2.75, 3.05) is 57.1 Å². The van der Waals surface area contributed by atoms with Crippen LogP contribution in [-0.2, 0) is 9.84 Å². The zero-order valence-corrected chi connectivity index (χ0v) is 16.4. The third-order valence-electron chi connectivity index (χ3n) is 4.78. The van der Waals surface area contributed by atoms with E-state index in [9.17, 15) is 17.2 Å². The molecule has 3 rings (SSSR count). The minimum absolute atomic E-state index is 0.0661. The average molecular weight is 395 g/mol. The third kappa shape index (κ3) is 3.91. The Morgan fingerprint density at radius 3 is 2.19 bits per heavy atom. The monoisotopic (exact) mass is 395 g/mol. The van der Waals surface area contributed by atoms with Gasteiger partial charge in [0.25, 0.3) is 0 Å². The van der Waals surface area contributed by atoms with E-state index >= 15 is 0 Å². The van der Waals surface area contributed by atoms with E-state index in [-0.39, 0.29) is 9.79 Å². The summed E-state index contributed by atoms with van der Waals surface area (Å²) in [6, 6.07) is 7.78. The highest BCUT2D eigenvalue weighted by Gasteiger charge is 2.25. The Balaban J connectivity index is 2.03. The van der Waals surface area contributed by atoms with Crippen LogP contribution in [0.3, 0.4) is 0 Å². The summed E-state index contributed by atoms with van der Waals surface area (Å²) in [7, 11) is 1.60. The summed E-state index contributed by atoms with van der Waals surface area (Å²) in [5, 5.41) is 0. The Bertz CT molecular complexity index is 940. The summed E-state index contributed by atoms with van der Waals surface area (Å²) < 4.78 is 52.8. The summed E-state index contributed by atoms with van der Waals surface area (Å²) in [6.45, 7) is 3.59. The highest BCUT2D eigenvalue weighted by molar-refractivity contribution is 7.91. The van der Waals surface area contributed by atoms with Gasteiger partial charge in [0, 0.05) is 46.0 Å². The summed E-state index contributed by atoms with van der Waals surface area (Å²) in [5.41, 5.74) is 1.45. The minimum atomic E-state index is -3.99. The summed E-state index contributed by atoms with van der Waals surface area (Å²) in [5.74, 6) is -2.26. The van der Waals surface area contributed by atoms with Crippen molar-refractivity contribution < 1.29 is 17.2 Å². The van der Waals surface area contributed by atoms with E-state index in [0.717, 1.165) is 50.1 Å². The molecule has 0 aromatic heterocycles. The van der Waals surface area contributed by atoms with Gasteiger partial charge in [-0.3, -0.25) is 0 Å². The van der Waals surface area contributed by atoms with Gasteiger partial charge in [-0.1, -0.05) is 0 Å². The number of likely N-dealkylation sites (N-methyl/N-ethyl adjacent to an activating group) is 1. The van der Waals surface area contributed by atoms with Gasteiger partial charge >= 0.3 is 0 Å². The molecule has 2 aromatic rings. The van der Waals surface area contributed by atoms with Crippen LogP contribution in [0.2, 0.25) is 0 Å². The van der Waals surface area contributed by atoms with Crippen molar-refractivity contribution in [3.8, 4) is 0 Å². The number of halogens is 2. The fourth-order valence-corrected chi connectivity index (χ4v) is 4.64. The zero-order chi connectivity index (χ0) is 19.8. The number of piperazine rings is 1. The number of benzene rings is 2. The lowest BCUT2D eigenvalue weighted by atomic mass is 10.2. The van der Waals surface area contributed by atoms with Gasteiger partial charge in [-0.05, 0) is 43.4 Å². The Morgan fingerprint density at radius 2 is 1.59 bits per heavy atom. The van der Waals surface area contributed by atoms with Crippen molar-refractivity contribution in [1.29, 1.82) is 0 Å². The van der Waals surface area contributed by atoms with E-state index in [0.29, 0.717) is 5.69 Å². The van der Waals surface area contributed by atoms with Crippen LogP contribution in [0.5, 0.6) is 0 Å². The molecule has 1 aliphatic rings. The average Bonchev–Trinajstić information content (AvgIpc) is 2.64. The first-order chi connectivity index (χ1) is 12.7. The van der Waals surface area contributed by atoms with Crippen LogP contribution in [0.15, 0.2) is 46.2 Å². The molecule has 146 valence electrons. The molecule has 0 bridgehead atoms. The second-order valence-corrected chi connectivity index (χ2v) is 8.83. The maximum absolute atomic E-state index is 13.6. The Morgan fingerprint density at radius 1 is 0.926 bits per heavy atom. The van der Waals surface area contributed by atoms with Crippen LogP contribution >= 0.6 is 0 Å². The molecule has 1 saturated heterocycles. The molecule has 5 nitrogen and oxygen atoms in total. The minimum Gasteiger partial charge on any atom is -0.377 e. The molecule has 0 atom stereocenters. The van der Waals surface area contributed by atoms with Gasteiger partial charge in [0.2, 0.25) is 9.84 Å². The van der Waals surface area contributed by atoms with Gasteiger partial charge in [-0.25, -0.2) is 17.2 Å². The number of sulfone groups is 1. The van der Waals surface area contributed by atoms with Crippen LogP contribution in [0.4, 0.5) is 20.2 Å². The summed E-state index contributed by atoms with van der Waals surface area (Å²) in [4.78, 5) is 5.96. The van der Waals surface area contributed by atoms with Crippen LogP contribution < -0.4 is 9.80 Å². The first-order valence-electron chi connectivity index (χ1n) is 8.65. The molecule has 0 amide bonds. The van der Waals surface area contributed by atoms with Crippen LogP contribution in [0.25, 0.3) is 0 Å². The number of anilines is 2. The zero-order valence-electron chi connectivity index (χ0n) is 15.6. The topological polar surface area (TPSA) is 43.9 Å². The van der Waals surface area contributed by atoms with E-state index < -0.39 is 21.5 Å². The lowest BCUT2D eigenvalue weighted by Gasteiger charge is -2.34. The van der Waals surface area contributed by atoms with Gasteiger partial charge < -0.3 is 14.7 Å². The second kappa shape index (κ2) is 7.44. The predicted octanol–water partition coefficient (Wildman–Crippen LogP) is 2.62. The van der Waals surface area contributed by atoms with Gasteiger partial charge in [0.15, 0.2) is 11.6 Å². The fraction of sp³-hybridized carbons (Fsp3) is 0.368. The normalized spacial score (nSPS) is 15.8. The molecule has 0 aliphatic carbocycles. The highest BCUT2D eigenvalue weighted by Crippen LogP contribution is 2.33. The molecule has 0 unspecified atom stereocenters. The molecule has 1 heterocycles. The Labute approximate surface area is 158 Å². The first-order valence-corrected chi connectivity index (χ1v) is 10.1. The molecule has 0 radical (unpaired) electrons. The largest absolute Gasteiger partial charge is 0.377 e. The molecule has 2 aromatic carbocycles. The van der Waals surface area contributed by atoms with E-state index in [2.05, 4.69) is 16.8 Å². The van der Waals surface area contributed by atoms with Gasteiger partial charge in [-0.2, -0.15) is 0 Å². The lowest BCUT2D eigenvalue weighted by Crippen LogP contribution is -2.44. The highest BCUT2D eigenvalue weighted by atomic mass is 32.2. The van der Waals surface area contributed by atoms with Crippen LogP contribution in [0, 0.1) is 11.6 Å². The third-order valence-corrected chi connectivity index (χ3v) is 6.58. The van der Waals surface area contributed by atoms with Crippen molar-refractivity contribution in [3.63, 3.8) is 0 Å². The van der Waals surface area contributed by atoms with Gasteiger partial charge in [0.05, 0.1) is 15.5 Å². The van der Waals surface area contributed by atoms with Crippen molar-refractivity contribution in [2.45, 2.75) is 9.79 Å². The Kier molecular flexibility index (Phi) is 5.39. The predicted molar refractivity (Wildman–Crippen MR) is 102 cm³/mol. The SMILES string of the molecule is CN1CCN(c2ccc(S(=O)(=O)c3ccc(F)c(F)c3)c(N(C)C)c2)CC1. The number of hydrogen-bond donors (Lipinski definition) is 0. The van der Waals surface area contributed by atoms with Crippen LogP contribution in [0.1, 0.15) is 0 Å². The second-order valence-electron chi connectivity index (χ2n) is 6.92. The molecule has 8 heteroatoms. The van der Waals surface area contributed by atoms with E-state index in [1.807, 2.05) is 6.07 Å². The standard InChI is InChI=1S/C19H23F2N3O2S/c1-22(2)18-12-14(24-10-8-23(3)9-11-24)4-7-19(18)27(25,26)15-5-6-16(20)17(21)13-15/h4-7,12-13H,8-11H2,1-3H3. The number of hydrogen-bond acceptors (Lipinski definition) is 5.